The Bertz CT molecular complexity index is 1100. The summed E-state index contributed by atoms with van der Waals surface area (Å²) in [5.74, 6) is 1.87. The van der Waals surface area contributed by atoms with E-state index in [4.69, 9.17) is 4.52 Å². The van der Waals surface area contributed by atoms with Crippen molar-refractivity contribution >= 4 is 17.4 Å². The van der Waals surface area contributed by atoms with Gasteiger partial charge >= 0.3 is 6.03 Å². The van der Waals surface area contributed by atoms with Gasteiger partial charge < -0.3 is 19.6 Å². The van der Waals surface area contributed by atoms with Crippen LogP contribution >= 0.6 is 0 Å². The van der Waals surface area contributed by atoms with Crippen LogP contribution in [0, 0.1) is 13.8 Å². The zero-order valence-electron chi connectivity index (χ0n) is 18.7. The van der Waals surface area contributed by atoms with Crippen LogP contribution in [0.25, 0.3) is 11.4 Å². The summed E-state index contributed by atoms with van der Waals surface area (Å²) in [5.41, 5.74) is 5.28. The van der Waals surface area contributed by atoms with E-state index in [1.54, 1.807) is 0 Å². The fourth-order valence-corrected chi connectivity index (χ4v) is 4.24. The van der Waals surface area contributed by atoms with Crippen LogP contribution in [0.1, 0.15) is 42.2 Å². The molecule has 2 amide bonds. The van der Waals surface area contributed by atoms with Crippen molar-refractivity contribution in [1.82, 2.24) is 15.0 Å². The summed E-state index contributed by atoms with van der Waals surface area (Å²) in [6, 6.07) is 14.2. The van der Waals surface area contributed by atoms with E-state index >= 15 is 0 Å². The van der Waals surface area contributed by atoms with Crippen LogP contribution < -0.4 is 10.2 Å². The van der Waals surface area contributed by atoms with Crippen molar-refractivity contribution in [1.29, 1.82) is 0 Å². The normalized spacial score (nSPS) is 16.7. The summed E-state index contributed by atoms with van der Waals surface area (Å²) >= 11 is 0. The molecule has 1 aromatic heterocycles. The van der Waals surface area contributed by atoms with Crippen LogP contribution in [0.15, 0.2) is 47.0 Å². The monoisotopic (exact) mass is 431 g/mol. The molecule has 1 N–H and O–H groups in total. The summed E-state index contributed by atoms with van der Waals surface area (Å²) in [5, 5.41) is 7.22. The molecule has 2 aliphatic rings. The van der Waals surface area contributed by atoms with Gasteiger partial charge in [-0.1, -0.05) is 23.7 Å². The lowest BCUT2D eigenvalue weighted by Crippen LogP contribution is -2.50. The molecule has 2 fully saturated rings. The van der Waals surface area contributed by atoms with Crippen molar-refractivity contribution in [3.05, 3.63) is 59.5 Å². The Morgan fingerprint density at radius 3 is 2.47 bits per heavy atom. The molecule has 0 atom stereocenters. The van der Waals surface area contributed by atoms with Crippen molar-refractivity contribution in [3.63, 3.8) is 0 Å². The number of carbonyl (C=O) groups is 1. The summed E-state index contributed by atoms with van der Waals surface area (Å²) in [6.45, 7) is 7.07. The number of aromatic nitrogens is 2. The van der Waals surface area contributed by atoms with Gasteiger partial charge in [-0.25, -0.2) is 4.79 Å². The second kappa shape index (κ2) is 8.65. The van der Waals surface area contributed by atoms with Crippen LogP contribution in [0.2, 0.25) is 0 Å². The van der Waals surface area contributed by atoms with E-state index in [1.807, 2.05) is 36.1 Å². The number of nitrogens with zero attached hydrogens (tertiary/aromatic N) is 4. The maximum absolute atomic E-state index is 12.7. The molecule has 1 aliphatic heterocycles. The zero-order valence-corrected chi connectivity index (χ0v) is 18.7. The first-order valence-electron chi connectivity index (χ1n) is 11.4. The third-order valence-corrected chi connectivity index (χ3v) is 6.80. The number of piperazine rings is 1. The standard InChI is InChI=1S/C25H29N5O2/c1-17-5-3-8-22(18(17)2)26-25(31)30-15-13-29(14-16-30)21-11-9-19(10-12-21)23-27-24(32-28-23)20-6-4-7-20/h3,5,8-12,20H,4,6-7,13-16H2,1-2H3,(H,26,31). The van der Waals surface area contributed by atoms with Crippen LogP contribution in [0.4, 0.5) is 16.2 Å². The first kappa shape index (κ1) is 20.5. The highest BCUT2D eigenvalue weighted by atomic mass is 16.5. The first-order chi connectivity index (χ1) is 15.6. The second-order valence-corrected chi connectivity index (χ2v) is 8.78. The van der Waals surface area contributed by atoms with Crippen LogP contribution in [0.3, 0.4) is 0 Å². The quantitative estimate of drug-likeness (QED) is 0.631. The van der Waals surface area contributed by atoms with E-state index in [2.05, 4.69) is 45.5 Å². The minimum atomic E-state index is -0.0342. The van der Waals surface area contributed by atoms with Gasteiger partial charge in [-0.05, 0) is 68.1 Å². The van der Waals surface area contributed by atoms with Gasteiger partial charge in [0.1, 0.15) is 0 Å². The summed E-state index contributed by atoms with van der Waals surface area (Å²) in [7, 11) is 0. The van der Waals surface area contributed by atoms with Gasteiger partial charge in [0.15, 0.2) is 0 Å². The molecule has 166 valence electrons. The zero-order chi connectivity index (χ0) is 22.1. The topological polar surface area (TPSA) is 74.5 Å². The molecule has 0 spiro atoms. The number of nitrogens with one attached hydrogen (secondary N) is 1. The highest BCUT2D eigenvalue weighted by Crippen LogP contribution is 2.36. The highest BCUT2D eigenvalue weighted by Gasteiger charge is 2.26. The smallest absolute Gasteiger partial charge is 0.321 e. The maximum atomic E-state index is 12.7. The van der Waals surface area contributed by atoms with Gasteiger partial charge in [-0.15, -0.1) is 0 Å². The number of anilines is 2. The van der Waals surface area contributed by atoms with E-state index in [1.165, 1.54) is 12.0 Å². The van der Waals surface area contributed by atoms with Crippen molar-refractivity contribution < 1.29 is 9.32 Å². The molecule has 0 unspecified atom stereocenters. The van der Waals surface area contributed by atoms with E-state index in [0.717, 1.165) is 54.3 Å². The lowest BCUT2D eigenvalue weighted by atomic mass is 9.85. The molecule has 1 aliphatic carbocycles. The summed E-state index contributed by atoms with van der Waals surface area (Å²) in [6.07, 6.45) is 3.54. The maximum Gasteiger partial charge on any atom is 0.321 e. The Morgan fingerprint density at radius 2 is 1.78 bits per heavy atom. The van der Waals surface area contributed by atoms with E-state index in [0.29, 0.717) is 24.8 Å². The molecule has 2 heterocycles. The molecule has 5 rings (SSSR count). The minimum absolute atomic E-state index is 0.0342. The number of carbonyl (C=O) groups excluding carboxylic acids is 1. The number of rotatable bonds is 4. The Balaban J connectivity index is 1.17. The number of amides is 2. The largest absolute Gasteiger partial charge is 0.368 e. The molecular weight excluding hydrogens is 402 g/mol. The van der Waals surface area contributed by atoms with Gasteiger partial charge in [0.05, 0.1) is 0 Å². The molecular formula is C25H29N5O2. The van der Waals surface area contributed by atoms with Gasteiger partial charge in [-0.3, -0.25) is 0 Å². The molecule has 7 heteroatoms. The number of hydrogen-bond donors (Lipinski definition) is 1. The molecule has 3 aromatic rings. The lowest BCUT2D eigenvalue weighted by Gasteiger charge is -2.36. The molecule has 32 heavy (non-hydrogen) atoms. The predicted molar refractivity (Wildman–Crippen MR) is 125 cm³/mol. The molecule has 2 aromatic carbocycles. The fourth-order valence-electron chi connectivity index (χ4n) is 4.24. The average molecular weight is 432 g/mol. The van der Waals surface area contributed by atoms with Crippen molar-refractivity contribution in [2.24, 2.45) is 0 Å². The summed E-state index contributed by atoms with van der Waals surface area (Å²) < 4.78 is 5.45. The molecule has 0 radical (unpaired) electrons. The van der Waals surface area contributed by atoms with Crippen molar-refractivity contribution in [2.75, 3.05) is 36.4 Å². The van der Waals surface area contributed by atoms with Gasteiger partial charge in [0.2, 0.25) is 11.7 Å². The number of aryl methyl sites for hydroxylation is 1. The van der Waals surface area contributed by atoms with Gasteiger partial charge in [0.25, 0.3) is 0 Å². The highest BCUT2D eigenvalue weighted by molar-refractivity contribution is 5.90. The Morgan fingerprint density at radius 1 is 1.03 bits per heavy atom. The summed E-state index contributed by atoms with van der Waals surface area (Å²) in [4.78, 5) is 21.5. The van der Waals surface area contributed by atoms with Crippen molar-refractivity contribution in [3.8, 4) is 11.4 Å². The Kier molecular flexibility index (Phi) is 5.55. The molecule has 1 saturated carbocycles. The molecule has 7 nitrogen and oxygen atoms in total. The van der Waals surface area contributed by atoms with Gasteiger partial charge in [0, 0.05) is 49.0 Å². The number of urea groups is 1. The van der Waals surface area contributed by atoms with Crippen LogP contribution in [-0.4, -0.2) is 47.3 Å². The van der Waals surface area contributed by atoms with Gasteiger partial charge in [-0.2, -0.15) is 4.98 Å². The van der Waals surface area contributed by atoms with E-state index in [-0.39, 0.29) is 6.03 Å². The van der Waals surface area contributed by atoms with Crippen LogP contribution in [-0.2, 0) is 0 Å². The Hall–Kier alpha value is -3.35. The predicted octanol–water partition coefficient (Wildman–Crippen LogP) is 4.98. The SMILES string of the molecule is Cc1cccc(NC(=O)N2CCN(c3ccc(-c4noc(C5CCC5)n4)cc3)CC2)c1C. The van der Waals surface area contributed by atoms with Crippen molar-refractivity contribution in [2.45, 2.75) is 39.0 Å². The van der Waals surface area contributed by atoms with E-state index in [9.17, 15) is 4.79 Å². The third-order valence-electron chi connectivity index (χ3n) is 6.80. The third kappa shape index (κ3) is 4.07. The minimum Gasteiger partial charge on any atom is -0.368 e. The molecule has 1 saturated heterocycles. The lowest BCUT2D eigenvalue weighted by molar-refractivity contribution is 0.208. The first-order valence-corrected chi connectivity index (χ1v) is 11.4. The number of benzene rings is 2. The number of hydrogen-bond acceptors (Lipinski definition) is 5. The van der Waals surface area contributed by atoms with Crippen LogP contribution in [0.5, 0.6) is 0 Å². The van der Waals surface area contributed by atoms with E-state index < -0.39 is 0 Å². The average Bonchev–Trinajstić information content (AvgIpc) is 3.25. The fraction of sp³-hybridized carbons (Fsp3) is 0.400. The Labute approximate surface area is 188 Å². The molecule has 0 bridgehead atoms. The second-order valence-electron chi connectivity index (χ2n) is 8.78.